The molecule has 14 aromatic carbocycles. The summed E-state index contributed by atoms with van der Waals surface area (Å²) in [7, 11) is -1.54. The Morgan fingerprint density at radius 2 is 0.490 bits per heavy atom. The molecule has 6 aromatic heterocycles. The number of hydrogen-bond acceptors (Lipinski definition) is 8. The van der Waals surface area contributed by atoms with Crippen LogP contribution in [0.5, 0.6) is 0 Å². The zero-order valence-electron chi connectivity index (χ0n) is 55.8. The van der Waals surface area contributed by atoms with Gasteiger partial charge in [0.15, 0.2) is 23.3 Å². The first-order valence-electron chi connectivity index (χ1n) is 34.3. The molecule has 6 heterocycles. The lowest BCUT2D eigenvalue weighted by molar-refractivity contribution is 0.426. The van der Waals surface area contributed by atoms with Crippen LogP contribution in [0.3, 0.4) is 0 Å². The normalized spacial score (nSPS) is 11.4. The maximum absolute atomic E-state index is 9.72. The molecule has 0 aliphatic carbocycles. The van der Waals surface area contributed by atoms with Gasteiger partial charge in [-0.1, -0.05) is 271 Å². The predicted octanol–water partition coefficient (Wildman–Crippen LogP) is 20.6. The minimum Gasteiger partial charge on any atom is -0.423 e. The van der Waals surface area contributed by atoms with E-state index in [1.54, 1.807) is 12.1 Å². The Morgan fingerprint density at radius 3 is 0.846 bits per heavy atom. The lowest BCUT2D eigenvalue weighted by Gasteiger charge is -2.11. The molecule has 14 heteroatoms. The van der Waals surface area contributed by atoms with Gasteiger partial charge in [0.1, 0.15) is 0 Å². The minimum absolute atomic E-state index is 0.431. The Morgan fingerprint density at radius 1 is 0.221 bits per heavy atom. The number of hydrogen-bond donors (Lipinski definition) is 2. The van der Waals surface area contributed by atoms with E-state index in [-0.39, 0.29) is 0 Å². The van der Waals surface area contributed by atoms with Gasteiger partial charge in [-0.15, -0.1) is 0 Å². The SMILES string of the molecule is Brc1ccc2c(c1)c1ccccc1n2-c1ccccc1.OB(O)c1ccc2c(c1)c1ccccc1n2-c1nc(-c2ccccc2)nc(-c2ccccc2)n1.c1ccc(-c2nc(-c3ccccc3)nc(-n3c4ccccc4c4cc(-c5ccc6c(c5)c5ccccc5n6-c5ccccc5)ccc43)n2)cc1. The highest BCUT2D eigenvalue weighted by Gasteiger charge is 2.23. The van der Waals surface area contributed by atoms with Gasteiger partial charge in [0, 0.05) is 81.2 Å². The molecule has 2 N–H and O–H groups in total. The van der Waals surface area contributed by atoms with Crippen LogP contribution in [0.25, 0.3) is 167 Å². The second-order valence-corrected chi connectivity index (χ2v) is 26.3. The van der Waals surface area contributed by atoms with Gasteiger partial charge >= 0.3 is 7.12 Å². The summed E-state index contributed by atoms with van der Waals surface area (Å²) >= 11 is 3.57. The molecule has 0 spiro atoms. The number of fused-ring (bicyclic) bond motifs is 12. The third-order valence-corrected chi connectivity index (χ3v) is 19.6. The summed E-state index contributed by atoms with van der Waals surface area (Å²) in [5.41, 5.74) is 17.6. The van der Waals surface area contributed by atoms with Crippen LogP contribution in [0, 0.1) is 0 Å². The summed E-state index contributed by atoms with van der Waals surface area (Å²) in [6, 6.07) is 120. The zero-order valence-corrected chi connectivity index (χ0v) is 57.4. The lowest BCUT2D eigenvalue weighted by Crippen LogP contribution is -2.29. The van der Waals surface area contributed by atoms with E-state index in [2.05, 4.69) is 212 Å². The highest BCUT2D eigenvalue weighted by Crippen LogP contribution is 2.40. The van der Waals surface area contributed by atoms with E-state index in [0.717, 1.165) is 81.6 Å². The quantitative estimate of drug-likeness (QED) is 0.129. The monoisotopic (exact) mass is 1400 g/mol. The van der Waals surface area contributed by atoms with E-state index in [9.17, 15) is 10.0 Å². The van der Waals surface area contributed by atoms with E-state index in [1.165, 1.54) is 54.9 Å². The highest BCUT2D eigenvalue weighted by atomic mass is 79.9. The van der Waals surface area contributed by atoms with Crippen molar-refractivity contribution in [1.82, 2.24) is 48.2 Å². The summed E-state index contributed by atoms with van der Waals surface area (Å²) in [5.74, 6) is 3.53. The molecule has 0 radical (unpaired) electrons. The molecule has 0 amide bonds. The van der Waals surface area contributed by atoms with Gasteiger partial charge in [0.05, 0.1) is 44.1 Å². The van der Waals surface area contributed by atoms with Crippen LogP contribution in [-0.2, 0) is 0 Å². The van der Waals surface area contributed by atoms with Crippen molar-refractivity contribution >= 4 is 116 Å². The lowest BCUT2D eigenvalue weighted by atomic mass is 9.80. The van der Waals surface area contributed by atoms with Crippen LogP contribution in [0.2, 0.25) is 0 Å². The molecule has 492 valence electrons. The summed E-state index contributed by atoms with van der Waals surface area (Å²) in [6.07, 6.45) is 0. The maximum Gasteiger partial charge on any atom is 0.488 e. The summed E-state index contributed by atoms with van der Waals surface area (Å²) in [4.78, 5) is 29.6. The van der Waals surface area contributed by atoms with Crippen molar-refractivity contribution in [3.63, 3.8) is 0 Å². The smallest absolute Gasteiger partial charge is 0.423 e. The Bertz CT molecular complexity index is 6470. The van der Waals surface area contributed by atoms with Gasteiger partial charge in [-0.05, 0) is 114 Å². The van der Waals surface area contributed by atoms with E-state index in [4.69, 9.17) is 29.9 Å². The largest absolute Gasteiger partial charge is 0.488 e. The maximum atomic E-state index is 9.72. The molecule has 0 bridgehead atoms. The van der Waals surface area contributed by atoms with Crippen LogP contribution >= 0.6 is 15.9 Å². The van der Waals surface area contributed by atoms with Gasteiger partial charge in [-0.3, -0.25) is 9.13 Å². The summed E-state index contributed by atoms with van der Waals surface area (Å²) < 4.78 is 9.95. The van der Waals surface area contributed by atoms with Gasteiger partial charge < -0.3 is 19.2 Å². The highest BCUT2D eigenvalue weighted by molar-refractivity contribution is 9.10. The predicted molar refractivity (Wildman–Crippen MR) is 428 cm³/mol. The van der Waals surface area contributed by atoms with E-state index in [0.29, 0.717) is 40.7 Å². The molecule has 20 aromatic rings. The zero-order chi connectivity index (χ0) is 69.6. The van der Waals surface area contributed by atoms with Gasteiger partial charge in [0.25, 0.3) is 0 Å². The summed E-state index contributed by atoms with van der Waals surface area (Å²) in [6.45, 7) is 0. The Kier molecular flexibility index (Phi) is 16.4. The van der Waals surface area contributed by atoms with Gasteiger partial charge in [0.2, 0.25) is 11.9 Å². The number of nitrogens with zero attached hydrogens (tertiary/aromatic N) is 10. The molecule has 0 fully saturated rings. The molecular formula is C90H60BBrN10O2. The second kappa shape index (κ2) is 27.0. The minimum atomic E-state index is -1.54. The van der Waals surface area contributed by atoms with Crippen molar-refractivity contribution in [2.45, 2.75) is 0 Å². The fraction of sp³-hybridized carbons (Fsp3) is 0. The number of aromatic nitrogens is 10. The number of para-hydroxylation sites is 6. The Labute approximate surface area is 606 Å². The fourth-order valence-corrected chi connectivity index (χ4v) is 14.7. The third-order valence-electron chi connectivity index (χ3n) is 19.1. The Hall–Kier alpha value is -13.2. The average molecular weight is 1400 g/mol. The molecular weight excluding hydrogens is 1340 g/mol. The van der Waals surface area contributed by atoms with E-state index >= 15 is 0 Å². The van der Waals surface area contributed by atoms with Crippen LogP contribution in [-0.4, -0.2) is 65.3 Å². The molecule has 20 rings (SSSR count). The van der Waals surface area contributed by atoms with Crippen LogP contribution in [0.15, 0.2) is 356 Å². The topological polar surface area (TPSA) is 138 Å². The van der Waals surface area contributed by atoms with Gasteiger partial charge in [-0.25, -0.2) is 9.97 Å². The first kappa shape index (κ1) is 63.0. The first-order chi connectivity index (χ1) is 51.3. The molecule has 0 unspecified atom stereocenters. The summed E-state index contributed by atoms with van der Waals surface area (Å²) in [5, 5.41) is 28.6. The van der Waals surface area contributed by atoms with Crippen LogP contribution in [0.4, 0.5) is 0 Å². The molecule has 0 atom stereocenters. The van der Waals surface area contributed by atoms with Gasteiger partial charge in [-0.2, -0.15) is 19.9 Å². The molecule has 0 saturated carbocycles. The number of rotatable bonds is 10. The van der Waals surface area contributed by atoms with Crippen LogP contribution < -0.4 is 5.46 Å². The molecule has 0 aliphatic heterocycles. The van der Waals surface area contributed by atoms with Crippen molar-refractivity contribution in [3.8, 4) is 79.9 Å². The molecule has 12 nitrogen and oxygen atoms in total. The standard InChI is InChI=1S/C45H29N5.C27H19BN4O2.C18H12BrN/c1-4-14-30(15-5-1)43-46-44(31-16-6-2-7-17-31)48-45(47-43)50-40-23-13-11-21-36(40)38-29-33(25-27-42(38)50)32-24-26-41-37(28-32)35-20-10-12-22-39(35)49(41)34-18-8-3-9-19-34;33-28(34)20-15-16-24-22(17-20)21-13-7-8-14-23(21)32(24)27-30-25(18-9-3-1-4-10-18)29-26(31-27)19-11-5-2-6-12-19;19-13-10-11-18-16(12-13)15-8-4-5-9-17(15)20(18)14-6-2-1-3-7-14/h1-29H;1-17,33-34H;1-12H. The number of halogens is 1. The molecule has 0 aliphatic rings. The van der Waals surface area contributed by atoms with Crippen molar-refractivity contribution < 1.29 is 10.0 Å². The number of benzene rings is 14. The molecule has 104 heavy (non-hydrogen) atoms. The van der Waals surface area contributed by atoms with Crippen molar-refractivity contribution in [2.75, 3.05) is 0 Å². The van der Waals surface area contributed by atoms with Crippen molar-refractivity contribution in [3.05, 3.63) is 356 Å². The van der Waals surface area contributed by atoms with Crippen molar-refractivity contribution in [2.24, 2.45) is 0 Å². The fourth-order valence-electron chi connectivity index (χ4n) is 14.3. The third kappa shape index (κ3) is 11.6. The van der Waals surface area contributed by atoms with E-state index < -0.39 is 7.12 Å². The Balaban J connectivity index is 0.000000122. The average Bonchev–Trinajstić information content (AvgIpc) is 1.60. The van der Waals surface area contributed by atoms with E-state index in [1.807, 2.05) is 162 Å². The first-order valence-corrected chi connectivity index (χ1v) is 35.1. The van der Waals surface area contributed by atoms with Crippen LogP contribution in [0.1, 0.15) is 0 Å². The second-order valence-electron chi connectivity index (χ2n) is 25.4. The van der Waals surface area contributed by atoms with Crippen molar-refractivity contribution in [1.29, 1.82) is 0 Å². The molecule has 0 saturated heterocycles.